The molecule has 1 amide bonds. The summed E-state index contributed by atoms with van der Waals surface area (Å²) in [6.07, 6.45) is 0. The summed E-state index contributed by atoms with van der Waals surface area (Å²) in [5.41, 5.74) is 3.00. The second kappa shape index (κ2) is 4.75. The first kappa shape index (κ1) is 11.9. The van der Waals surface area contributed by atoms with Gasteiger partial charge in [0.15, 0.2) is 10.4 Å². The van der Waals surface area contributed by atoms with E-state index in [0.717, 1.165) is 11.3 Å². The van der Waals surface area contributed by atoms with E-state index in [-0.39, 0.29) is 11.7 Å². The Morgan fingerprint density at radius 3 is 2.59 bits per heavy atom. The van der Waals surface area contributed by atoms with Crippen molar-refractivity contribution in [2.24, 2.45) is 0 Å². The fourth-order valence-corrected chi connectivity index (χ4v) is 1.88. The highest BCUT2D eigenvalue weighted by Crippen LogP contribution is 2.19. The molecule has 0 bridgehead atoms. The standard InChI is InChI=1S/C13H12BrNO2/c1-8-3-4-10(9(2)7-8)15-13(16)11-5-6-12(14)17-11/h3-7H,1-2H3,(H,15,16). The zero-order valence-corrected chi connectivity index (χ0v) is 11.2. The molecule has 0 aliphatic carbocycles. The van der Waals surface area contributed by atoms with Crippen LogP contribution in [0.15, 0.2) is 39.4 Å². The van der Waals surface area contributed by atoms with E-state index in [0.29, 0.717) is 4.67 Å². The fourth-order valence-electron chi connectivity index (χ4n) is 1.57. The van der Waals surface area contributed by atoms with Crippen molar-refractivity contribution in [2.75, 3.05) is 5.32 Å². The number of amides is 1. The maximum atomic E-state index is 11.8. The molecule has 2 aromatic rings. The molecular formula is C13H12BrNO2. The van der Waals surface area contributed by atoms with Gasteiger partial charge in [-0.25, -0.2) is 0 Å². The summed E-state index contributed by atoms with van der Waals surface area (Å²) in [7, 11) is 0. The van der Waals surface area contributed by atoms with E-state index in [1.54, 1.807) is 12.1 Å². The lowest BCUT2D eigenvalue weighted by Crippen LogP contribution is -2.11. The smallest absolute Gasteiger partial charge is 0.291 e. The van der Waals surface area contributed by atoms with Gasteiger partial charge in [-0.2, -0.15) is 0 Å². The SMILES string of the molecule is Cc1ccc(NC(=O)c2ccc(Br)o2)c(C)c1. The molecule has 1 aromatic heterocycles. The van der Waals surface area contributed by atoms with Gasteiger partial charge >= 0.3 is 0 Å². The van der Waals surface area contributed by atoms with E-state index in [2.05, 4.69) is 21.2 Å². The lowest BCUT2D eigenvalue weighted by Gasteiger charge is -2.07. The van der Waals surface area contributed by atoms with Crippen LogP contribution in [0.25, 0.3) is 0 Å². The average molecular weight is 294 g/mol. The minimum atomic E-state index is -0.248. The van der Waals surface area contributed by atoms with Gasteiger partial charge in [-0.15, -0.1) is 0 Å². The average Bonchev–Trinajstić information content (AvgIpc) is 2.69. The molecule has 1 aromatic carbocycles. The quantitative estimate of drug-likeness (QED) is 0.912. The summed E-state index contributed by atoms with van der Waals surface area (Å²) in [5.74, 6) is 0.0412. The molecule has 0 saturated carbocycles. The zero-order chi connectivity index (χ0) is 12.4. The second-order valence-electron chi connectivity index (χ2n) is 3.88. The topological polar surface area (TPSA) is 42.2 Å². The molecule has 3 nitrogen and oxygen atoms in total. The Morgan fingerprint density at radius 1 is 1.24 bits per heavy atom. The Bertz CT molecular complexity index is 560. The first-order valence-electron chi connectivity index (χ1n) is 5.20. The molecule has 0 fully saturated rings. The highest BCUT2D eigenvalue weighted by atomic mass is 79.9. The molecule has 0 saturated heterocycles. The summed E-state index contributed by atoms with van der Waals surface area (Å²) in [6.45, 7) is 3.98. The zero-order valence-electron chi connectivity index (χ0n) is 9.58. The molecule has 0 aliphatic rings. The number of anilines is 1. The van der Waals surface area contributed by atoms with E-state index in [1.165, 1.54) is 5.56 Å². The highest BCUT2D eigenvalue weighted by Gasteiger charge is 2.11. The van der Waals surface area contributed by atoms with Crippen molar-refractivity contribution in [3.05, 3.63) is 51.9 Å². The highest BCUT2D eigenvalue weighted by molar-refractivity contribution is 9.10. The molecule has 1 heterocycles. The van der Waals surface area contributed by atoms with Gasteiger partial charge in [0, 0.05) is 5.69 Å². The predicted octanol–water partition coefficient (Wildman–Crippen LogP) is 3.91. The lowest BCUT2D eigenvalue weighted by atomic mass is 10.1. The van der Waals surface area contributed by atoms with Crippen molar-refractivity contribution in [3.8, 4) is 0 Å². The number of furan rings is 1. The molecule has 88 valence electrons. The molecule has 17 heavy (non-hydrogen) atoms. The van der Waals surface area contributed by atoms with E-state index in [4.69, 9.17) is 4.42 Å². The van der Waals surface area contributed by atoms with Crippen molar-refractivity contribution >= 4 is 27.5 Å². The normalized spacial score (nSPS) is 10.3. The van der Waals surface area contributed by atoms with Crippen LogP contribution in [0.2, 0.25) is 0 Å². The Kier molecular flexibility index (Phi) is 3.33. The monoisotopic (exact) mass is 293 g/mol. The van der Waals surface area contributed by atoms with Gasteiger partial charge in [0.05, 0.1) is 0 Å². The summed E-state index contributed by atoms with van der Waals surface area (Å²) < 4.78 is 5.73. The van der Waals surface area contributed by atoms with Crippen LogP contribution < -0.4 is 5.32 Å². The third kappa shape index (κ3) is 2.77. The maximum Gasteiger partial charge on any atom is 0.291 e. The number of rotatable bonds is 2. The Morgan fingerprint density at radius 2 is 2.00 bits per heavy atom. The largest absolute Gasteiger partial charge is 0.444 e. The van der Waals surface area contributed by atoms with Crippen molar-refractivity contribution in [3.63, 3.8) is 0 Å². The summed E-state index contributed by atoms with van der Waals surface area (Å²) in [5, 5.41) is 2.81. The molecule has 0 aliphatic heterocycles. The number of halogens is 1. The van der Waals surface area contributed by atoms with Crippen molar-refractivity contribution in [2.45, 2.75) is 13.8 Å². The van der Waals surface area contributed by atoms with E-state index in [1.807, 2.05) is 32.0 Å². The maximum absolute atomic E-state index is 11.8. The van der Waals surface area contributed by atoms with E-state index in [9.17, 15) is 4.79 Å². The van der Waals surface area contributed by atoms with Crippen LogP contribution >= 0.6 is 15.9 Å². The van der Waals surface area contributed by atoms with Gasteiger partial charge in [-0.3, -0.25) is 4.79 Å². The number of carbonyl (C=O) groups is 1. The van der Waals surface area contributed by atoms with Gasteiger partial charge in [0.2, 0.25) is 0 Å². The van der Waals surface area contributed by atoms with Crippen molar-refractivity contribution in [1.29, 1.82) is 0 Å². The number of benzene rings is 1. The number of nitrogens with one attached hydrogen (secondary N) is 1. The minimum absolute atomic E-state index is 0.248. The van der Waals surface area contributed by atoms with Crippen molar-refractivity contribution < 1.29 is 9.21 Å². The molecular weight excluding hydrogens is 282 g/mol. The van der Waals surface area contributed by atoms with Gasteiger partial charge in [0.1, 0.15) is 0 Å². The van der Waals surface area contributed by atoms with Crippen LogP contribution in [0.5, 0.6) is 0 Å². The number of aryl methyl sites for hydroxylation is 2. The third-order valence-corrected chi connectivity index (χ3v) is 2.85. The lowest BCUT2D eigenvalue weighted by molar-refractivity contribution is 0.0995. The molecule has 0 spiro atoms. The molecule has 0 radical (unpaired) electrons. The van der Waals surface area contributed by atoms with Crippen LogP contribution in [0.1, 0.15) is 21.7 Å². The fraction of sp³-hybridized carbons (Fsp3) is 0.154. The number of carbonyl (C=O) groups excluding carboxylic acids is 1. The Hall–Kier alpha value is -1.55. The first-order valence-corrected chi connectivity index (χ1v) is 5.99. The molecule has 4 heteroatoms. The predicted molar refractivity (Wildman–Crippen MR) is 70.3 cm³/mol. The van der Waals surface area contributed by atoms with Gasteiger partial charge < -0.3 is 9.73 Å². The molecule has 0 atom stereocenters. The van der Waals surface area contributed by atoms with E-state index >= 15 is 0 Å². The Balaban J connectivity index is 2.18. The summed E-state index contributed by atoms with van der Waals surface area (Å²) >= 11 is 3.16. The van der Waals surface area contributed by atoms with Crippen LogP contribution in [-0.4, -0.2) is 5.91 Å². The summed E-state index contributed by atoms with van der Waals surface area (Å²) in [4.78, 5) is 11.8. The van der Waals surface area contributed by atoms with Crippen LogP contribution in [-0.2, 0) is 0 Å². The Labute approximate surface area is 108 Å². The molecule has 2 rings (SSSR count). The number of hydrogen-bond donors (Lipinski definition) is 1. The molecule has 1 N–H and O–H groups in total. The third-order valence-electron chi connectivity index (χ3n) is 2.43. The van der Waals surface area contributed by atoms with Gasteiger partial charge in [-0.05, 0) is 53.5 Å². The summed E-state index contributed by atoms with van der Waals surface area (Å²) in [6, 6.07) is 9.19. The van der Waals surface area contributed by atoms with Gasteiger partial charge in [0.25, 0.3) is 5.91 Å². The van der Waals surface area contributed by atoms with Crippen LogP contribution in [0.4, 0.5) is 5.69 Å². The van der Waals surface area contributed by atoms with Gasteiger partial charge in [-0.1, -0.05) is 17.7 Å². The number of hydrogen-bond acceptors (Lipinski definition) is 2. The molecule has 0 unspecified atom stereocenters. The van der Waals surface area contributed by atoms with Crippen LogP contribution in [0.3, 0.4) is 0 Å². The van der Waals surface area contributed by atoms with Crippen LogP contribution in [0, 0.1) is 13.8 Å². The minimum Gasteiger partial charge on any atom is -0.444 e. The second-order valence-corrected chi connectivity index (χ2v) is 4.66. The van der Waals surface area contributed by atoms with Crippen molar-refractivity contribution in [1.82, 2.24) is 0 Å². The van der Waals surface area contributed by atoms with E-state index < -0.39 is 0 Å². The first-order chi connectivity index (χ1) is 8.06.